The predicted molar refractivity (Wildman–Crippen MR) is 22.2 cm³/mol. The van der Waals surface area contributed by atoms with E-state index in [0.29, 0.717) is 0 Å². The van der Waals surface area contributed by atoms with Gasteiger partial charge in [0.25, 0.3) is 0 Å². The van der Waals surface area contributed by atoms with Gasteiger partial charge in [0.2, 0.25) is 0 Å². The smallest absolute Gasteiger partial charge is 0.187 e. The van der Waals surface area contributed by atoms with Crippen molar-refractivity contribution in [3.05, 3.63) is 0 Å². The molecule has 0 aromatic rings. The van der Waals surface area contributed by atoms with Gasteiger partial charge in [-0.2, -0.15) is 0 Å². The molecule has 0 bridgehead atoms. The molecule has 0 aromatic carbocycles. The molecule has 0 saturated carbocycles. The molecule has 36 valence electrons. The minimum atomic E-state index is 0. The van der Waals surface area contributed by atoms with E-state index in [0.717, 1.165) is 0 Å². The third kappa shape index (κ3) is 40.5. The molecule has 0 aliphatic carbocycles. The maximum atomic E-state index is 0. The molecule has 0 saturated heterocycles. The molecule has 5 heteroatoms. The summed E-state index contributed by atoms with van der Waals surface area (Å²) in [5, 5.41) is 0. The van der Waals surface area contributed by atoms with Crippen molar-refractivity contribution in [1.82, 2.24) is 6.15 Å². The fourth-order valence-electron chi connectivity index (χ4n) is 0. The second-order valence-electron chi connectivity index (χ2n) is 0. The molecule has 0 aliphatic rings. The molecule has 0 spiro atoms. The Labute approximate surface area is 55.7 Å². The number of hydrogen-bond acceptors (Lipinski definition) is 1. The summed E-state index contributed by atoms with van der Waals surface area (Å²) >= 11 is 0. The van der Waals surface area contributed by atoms with E-state index in [9.17, 15) is 0 Å². The van der Waals surface area contributed by atoms with E-state index in [1.54, 1.807) is 0 Å². The van der Waals surface area contributed by atoms with Gasteiger partial charge < -0.3 is 17.1 Å². The zero-order valence-corrected chi connectivity index (χ0v) is 4.12. The second-order valence-corrected chi connectivity index (χ2v) is 0. The van der Waals surface area contributed by atoms with Gasteiger partial charge in [0.05, 0.1) is 0 Å². The van der Waals surface area contributed by atoms with Gasteiger partial charge in [0, 0.05) is 21.1 Å². The molecule has 0 heterocycles. The fourth-order valence-corrected chi connectivity index (χ4v) is 0. The first kappa shape index (κ1) is 131. The van der Waals surface area contributed by atoms with Crippen molar-refractivity contribution in [3.63, 3.8) is 0 Å². The molecule has 0 radical (unpaired) electrons. The van der Waals surface area contributed by atoms with Gasteiger partial charge in [-0.15, -0.1) is 0 Å². The third-order valence-electron chi connectivity index (χ3n) is 0. The van der Waals surface area contributed by atoms with Crippen molar-refractivity contribution >= 4 is 17.4 Å². The van der Waals surface area contributed by atoms with Crippen molar-refractivity contribution in [2.24, 2.45) is 0 Å². The molecule has 0 atom stereocenters. The minimum Gasteiger partial charge on any atom is -0.412 e. The van der Waals surface area contributed by atoms with Crippen molar-refractivity contribution < 1.29 is 32.0 Å². The Hall–Kier alpha value is 1.10. The summed E-state index contributed by atoms with van der Waals surface area (Å²) in [5.74, 6) is 0. The summed E-state index contributed by atoms with van der Waals surface area (Å²) < 4.78 is 0. The van der Waals surface area contributed by atoms with Gasteiger partial charge in [-0.1, -0.05) is 0 Å². The van der Waals surface area contributed by atoms with E-state index in [1.807, 2.05) is 0 Å². The molecule has 0 aromatic heterocycles. The van der Waals surface area contributed by atoms with Crippen LogP contribution in [0.5, 0.6) is 0 Å². The van der Waals surface area contributed by atoms with Crippen LogP contribution in [0, 0.1) is 0 Å². The van der Waals surface area contributed by atoms with Gasteiger partial charge in [-0.05, 0) is 0 Å². The van der Waals surface area contributed by atoms with Crippen LogP contribution in [0.25, 0.3) is 0 Å². The van der Waals surface area contributed by atoms with Crippen molar-refractivity contribution in [3.8, 4) is 0 Å². The minimum absolute atomic E-state index is 0. The van der Waals surface area contributed by atoms with Crippen LogP contribution < -0.4 is 6.15 Å². The molecule has 5 heavy (non-hydrogen) atoms. The van der Waals surface area contributed by atoms with E-state index >= 15 is 0 Å². The van der Waals surface area contributed by atoms with Crippen LogP contribution in [-0.4, -0.2) is 28.3 Å². The molecule has 0 amide bonds. The molecule has 3 nitrogen and oxygen atoms in total. The Morgan fingerprint density at radius 3 is 0.800 bits per heavy atom. The largest absolute Gasteiger partial charge is 0.412 e. The van der Waals surface area contributed by atoms with Gasteiger partial charge in [0.1, 0.15) is 0 Å². The number of hydrogen-bond donors (Lipinski definition) is 1. The fraction of sp³-hybridized carbons (Fsp3) is 0. The van der Waals surface area contributed by atoms with Crippen LogP contribution in [0.15, 0.2) is 0 Å². The summed E-state index contributed by atoms with van der Waals surface area (Å²) in [6.45, 7) is 0. The monoisotopic (exact) mass is 181 g/mol. The summed E-state index contributed by atoms with van der Waals surface area (Å²) in [6.07, 6.45) is 0. The number of rotatable bonds is 0. The third-order valence-corrected chi connectivity index (χ3v) is 0. The average Bonchev–Trinajstić information content (AvgIpc) is 0. The molecule has 0 unspecified atom stereocenters. The Balaban J connectivity index is 0. The first-order chi connectivity index (χ1) is 0. The van der Waals surface area contributed by atoms with E-state index < -0.39 is 0 Å². The van der Waals surface area contributed by atoms with Gasteiger partial charge in [0.15, 0.2) is 17.4 Å². The first-order valence-electron chi connectivity index (χ1n) is 0. The quantitative estimate of drug-likeness (QED) is 0.403. The standard InChI is InChI=1S/Al.Mo.H3N.2H2O.3H/h;;1H3;2*1H2;;;. The maximum Gasteiger partial charge on any atom is 0.187 e. The van der Waals surface area contributed by atoms with E-state index in [2.05, 4.69) is 0 Å². The topological polar surface area (TPSA) is 98.0 Å². The van der Waals surface area contributed by atoms with Crippen molar-refractivity contribution in [1.29, 1.82) is 0 Å². The molecule has 0 aliphatic heterocycles. The Morgan fingerprint density at radius 2 is 0.800 bits per heavy atom. The maximum absolute atomic E-state index is 0. The molecule has 0 rings (SSSR count). The molecule has 0 fully saturated rings. The molecule has 7 N–H and O–H groups in total. The van der Waals surface area contributed by atoms with E-state index in [4.69, 9.17) is 0 Å². The Kier molecular flexibility index (Phi) is 1850. The normalized spacial score (nSPS) is 0. The second kappa shape index (κ2) is 70.8. The zero-order valence-electron chi connectivity index (χ0n) is 2.12. The van der Waals surface area contributed by atoms with Crippen LogP contribution in [0.4, 0.5) is 0 Å². The molecular formula is H10AlMoNO2. The Bertz CT molecular complexity index is 9.61. The zero-order chi connectivity index (χ0) is 0. The average molecular weight is 179 g/mol. The van der Waals surface area contributed by atoms with E-state index in [1.165, 1.54) is 0 Å². The van der Waals surface area contributed by atoms with Crippen LogP contribution in [-0.2, 0) is 21.1 Å². The SMILES string of the molecule is N.O.O.[AlH3].[Mo]. The van der Waals surface area contributed by atoms with Gasteiger partial charge in [-0.25, -0.2) is 0 Å². The van der Waals surface area contributed by atoms with Crippen LogP contribution in [0.2, 0.25) is 0 Å². The van der Waals surface area contributed by atoms with Crippen LogP contribution in [0.1, 0.15) is 0 Å². The van der Waals surface area contributed by atoms with E-state index in [-0.39, 0.29) is 55.5 Å². The summed E-state index contributed by atoms with van der Waals surface area (Å²) in [6, 6.07) is 0. The first-order valence-corrected chi connectivity index (χ1v) is 0. The van der Waals surface area contributed by atoms with Crippen molar-refractivity contribution in [2.45, 2.75) is 0 Å². The predicted octanol–water partition coefficient (Wildman–Crippen LogP) is -2.67. The molecular weight excluding hydrogens is 169 g/mol. The van der Waals surface area contributed by atoms with Gasteiger partial charge >= 0.3 is 0 Å². The van der Waals surface area contributed by atoms with Crippen LogP contribution >= 0.6 is 0 Å². The summed E-state index contributed by atoms with van der Waals surface area (Å²) in [5.41, 5.74) is 0. The summed E-state index contributed by atoms with van der Waals surface area (Å²) in [7, 11) is 0. The Morgan fingerprint density at radius 1 is 0.800 bits per heavy atom. The van der Waals surface area contributed by atoms with Crippen molar-refractivity contribution in [2.75, 3.05) is 0 Å². The summed E-state index contributed by atoms with van der Waals surface area (Å²) in [4.78, 5) is 0. The van der Waals surface area contributed by atoms with Gasteiger partial charge in [-0.3, -0.25) is 0 Å². The van der Waals surface area contributed by atoms with Crippen LogP contribution in [0.3, 0.4) is 0 Å².